The Labute approximate surface area is 156 Å². The highest BCUT2D eigenvalue weighted by molar-refractivity contribution is 5.87. The molecule has 0 aliphatic heterocycles. The zero-order valence-corrected chi connectivity index (χ0v) is 15.0. The van der Waals surface area contributed by atoms with E-state index in [9.17, 15) is 9.90 Å². The number of carboxylic acid groups (broad SMARTS) is 1. The molecule has 1 aromatic carbocycles. The Kier molecular flexibility index (Phi) is 4.41. The molecule has 0 bridgehead atoms. The van der Waals surface area contributed by atoms with E-state index in [1.807, 2.05) is 6.07 Å². The van der Waals surface area contributed by atoms with E-state index in [1.165, 1.54) is 12.1 Å². The van der Waals surface area contributed by atoms with Crippen molar-refractivity contribution in [2.75, 3.05) is 6.61 Å². The quantitative estimate of drug-likeness (QED) is 0.666. The van der Waals surface area contributed by atoms with Gasteiger partial charge in [-0.25, -0.2) is 14.5 Å². The first-order valence-electron chi connectivity index (χ1n) is 9.01. The third kappa shape index (κ3) is 3.43. The lowest BCUT2D eigenvalue weighted by Gasteiger charge is -2.17. The molecule has 0 spiro atoms. The van der Waals surface area contributed by atoms with Crippen LogP contribution in [-0.2, 0) is 4.74 Å². The number of pyridine rings is 1. The molecule has 1 aliphatic carbocycles. The van der Waals surface area contributed by atoms with Gasteiger partial charge in [0.25, 0.3) is 0 Å². The summed E-state index contributed by atoms with van der Waals surface area (Å²) in [7, 11) is 0. The largest absolute Gasteiger partial charge is 0.478 e. The maximum Gasteiger partial charge on any atom is 0.335 e. The van der Waals surface area contributed by atoms with Crippen molar-refractivity contribution in [3.63, 3.8) is 0 Å². The zero-order chi connectivity index (χ0) is 19.0. The SMILES string of the molecule is CCC1(OC[C@@H](O)c2cnc3c(cnn3-c3ccc(C(=O)O)cc3)c2)CC1. The van der Waals surface area contributed by atoms with Crippen LogP contribution in [0.5, 0.6) is 0 Å². The van der Waals surface area contributed by atoms with Crippen LogP contribution in [0.4, 0.5) is 0 Å². The molecule has 4 rings (SSSR count). The lowest BCUT2D eigenvalue weighted by atomic mass is 10.1. The van der Waals surface area contributed by atoms with Gasteiger partial charge in [0.1, 0.15) is 6.10 Å². The van der Waals surface area contributed by atoms with E-state index in [1.54, 1.807) is 29.2 Å². The summed E-state index contributed by atoms with van der Waals surface area (Å²) in [5.74, 6) is -0.970. The molecule has 27 heavy (non-hydrogen) atoms. The predicted molar refractivity (Wildman–Crippen MR) is 99.0 cm³/mol. The van der Waals surface area contributed by atoms with E-state index in [0.717, 1.165) is 30.3 Å². The number of aromatic carboxylic acids is 1. The maximum absolute atomic E-state index is 11.0. The van der Waals surface area contributed by atoms with E-state index in [-0.39, 0.29) is 17.8 Å². The van der Waals surface area contributed by atoms with Gasteiger partial charge >= 0.3 is 5.97 Å². The summed E-state index contributed by atoms with van der Waals surface area (Å²) in [6.07, 6.45) is 5.65. The van der Waals surface area contributed by atoms with Gasteiger partial charge in [-0.3, -0.25) is 0 Å². The highest BCUT2D eigenvalue weighted by Crippen LogP contribution is 2.43. The number of aliphatic hydroxyl groups excluding tert-OH is 1. The summed E-state index contributed by atoms with van der Waals surface area (Å²) in [5.41, 5.74) is 2.23. The molecule has 1 atom stereocenters. The molecule has 1 aliphatic rings. The number of benzene rings is 1. The van der Waals surface area contributed by atoms with Gasteiger partial charge in [-0.05, 0) is 49.6 Å². The highest BCUT2D eigenvalue weighted by Gasteiger charge is 2.42. The molecule has 2 N–H and O–H groups in total. The van der Waals surface area contributed by atoms with Crippen LogP contribution in [0, 0.1) is 0 Å². The Hall–Kier alpha value is -2.77. The second-order valence-corrected chi connectivity index (χ2v) is 6.95. The molecule has 1 fully saturated rings. The topological polar surface area (TPSA) is 97.5 Å². The molecule has 2 aromatic heterocycles. The zero-order valence-electron chi connectivity index (χ0n) is 15.0. The number of nitrogens with zero attached hydrogens (tertiary/aromatic N) is 3. The van der Waals surface area contributed by atoms with Gasteiger partial charge in [0.15, 0.2) is 5.65 Å². The minimum absolute atomic E-state index is 0.0362. The van der Waals surface area contributed by atoms with Crippen LogP contribution in [0.15, 0.2) is 42.7 Å². The van der Waals surface area contributed by atoms with Crippen molar-refractivity contribution < 1.29 is 19.7 Å². The molecular formula is C20H21N3O4. The Morgan fingerprint density at radius 2 is 2.04 bits per heavy atom. The number of rotatable bonds is 7. The van der Waals surface area contributed by atoms with Crippen molar-refractivity contribution in [2.24, 2.45) is 0 Å². The van der Waals surface area contributed by atoms with Crippen LogP contribution in [0.1, 0.15) is 48.2 Å². The summed E-state index contributed by atoms with van der Waals surface area (Å²) in [6.45, 7) is 2.36. The van der Waals surface area contributed by atoms with Gasteiger partial charge in [0, 0.05) is 17.1 Å². The fraction of sp³-hybridized carbons (Fsp3) is 0.350. The van der Waals surface area contributed by atoms with Crippen LogP contribution in [0.2, 0.25) is 0 Å². The number of fused-ring (bicyclic) bond motifs is 1. The van der Waals surface area contributed by atoms with Gasteiger partial charge in [0.2, 0.25) is 0 Å². The van der Waals surface area contributed by atoms with Gasteiger partial charge in [-0.15, -0.1) is 0 Å². The molecule has 140 valence electrons. The van der Waals surface area contributed by atoms with Crippen LogP contribution in [-0.4, -0.2) is 43.2 Å². The summed E-state index contributed by atoms with van der Waals surface area (Å²) < 4.78 is 7.52. The molecule has 0 unspecified atom stereocenters. The first kappa shape index (κ1) is 17.6. The third-order valence-corrected chi connectivity index (χ3v) is 5.17. The number of ether oxygens (including phenoxy) is 1. The van der Waals surface area contributed by atoms with Crippen molar-refractivity contribution in [1.29, 1.82) is 0 Å². The average Bonchev–Trinajstić information content (AvgIpc) is 3.36. The first-order chi connectivity index (χ1) is 13.0. The second kappa shape index (κ2) is 6.75. The number of hydrogen-bond acceptors (Lipinski definition) is 5. The summed E-state index contributed by atoms with van der Waals surface area (Å²) in [6, 6.07) is 8.29. The van der Waals surface area contributed by atoms with Crippen LogP contribution in [0.25, 0.3) is 16.7 Å². The second-order valence-electron chi connectivity index (χ2n) is 6.95. The van der Waals surface area contributed by atoms with E-state index >= 15 is 0 Å². The average molecular weight is 367 g/mol. The molecule has 0 amide bonds. The van der Waals surface area contributed by atoms with Crippen molar-refractivity contribution in [3.8, 4) is 5.69 Å². The molecule has 3 aromatic rings. The molecule has 0 radical (unpaired) electrons. The summed E-state index contributed by atoms with van der Waals surface area (Å²) in [4.78, 5) is 15.4. The Morgan fingerprint density at radius 1 is 1.30 bits per heavy atom. The minimum Gasteiger partial charge on any atom is -0.478 e. The van der Waals surface area contributed by atoms with E-state index < -0.39 is 12.1 Å². The van der Waals surface area contributed by atoms with Crippen molar-refractivity contribution in [1.82, 2.24) is 14.8 Å². The van der Waals surface area contributed by atoms with E-state index in [0.29, 0.717) is 11.2 Å². The standard InChI is InChI=1S/C20H21N3O4/c1-2-20(7-8-20)27-12-17(24)14-9-15-11-22-23(18(15)21-10-14)16-5-3-13(4-6-16)19(25)26/h3-6,9-11,17,24H,2,7-8,12H2,1H3,(H,25,26)/t17-/m1/s1. The number of aliphatic hydroxyl groups is 1. The summed E-state index contributed by atoms with van der Waals surface area (Å²) in [5, 5.41) is 24.6. The summed E-state index contributed by atoms with van der Waals surface area (Å²) >= 11 is 0. The molecule has 2 heterocycles. The Morgan fingerprint density at radius 3 is 2.67 bits per heavy atom. The molecule has 7 heteroatoms. The van der Waals surface area contributed by atoms with Crippen LogP contribution < -0.4 is 0 Å². The van der Waals surface area contributed by atoms with Gasteiger partial charge in [-0.2, -0.15) is 5.10 Å². The van der Waals surface area contributed by atoms with Gasteiger partial charge < -0.3 is 14.9 Å². The van der Waals surface area contributed by atoms with Gasteiger partial charge in [-0.1, -0.05) is 6.92 Å². The fourth-order valence-corrected chi connectivity index (χ4v) is 3.15. The fourth-order valence-electron chi connectivity index (χ4n) is 3.15. The Bertz CT molecular complexity index is 977. The minimum atomic E-state index is -0.970. The smallest absolute Gasteiger partial charge is 0.335 e. The number of carboxylic acids is 1. The molecule has 1 saturated carbocycles. The van der Waals surface area contributed by atoms with Crippen molar-refractivity contribution >= 4 is 17.0 Å². The Balaban J connectivity index is 1.55. The molecule has 0 saturated heterocycles. The predicted octanol–water partition coefficient (Wildman–Crippen LogP) is 3.11. The number of aromatic nitrogens is 3. The third-order valence-electron chi connectivity index (χ3n) is 5.17. The number of carbonyl (C=O) groups is 1. The maximum atomic E-state index is 11.0. The molecule has 7 nitrogen and oxygen atoms in total. The normalized spacial score (nSPS) is 16.4. The van der Waals surface area contributed by atoms with Crippen molar-refractivity contribution in [2.45, 2.75) is 37.9 Å². The van der Waals surface area contributed by atoms with Gasteiger partial charge in [0.05, 0.1) is 29.7 Å². The first-order valence-corrected chi connectivity index (χ1v) is 9.01. The van der Waals surface area contributed by atoms with Crippen molar-refractivity contribution in [3.05, 3.63) is 53.9 Å². The van der Waals surface area contributed by atoms with Crippen LogP contribution in [0.3, 0.4) is 0 Å². The van der Waals surface area contributed by atoms with E-state index in [4.69, 9.17) is 9.84 Å². The molecular weight excluding hydrogens is 346 g/mol. The van der Waals surface area contributed by atoms with E-state index in [2.05, 4.69) is 17.0 Å². The highest BCUT2D eigenvalue weighted by atomic mass is 16.5. The lowest BCUT2D eigenvalue weighted by Crippen LogP contribution is -2.18. The monoisotopic (exact) mass is 367 g/mol. The lowest BCUT2D eigenvalue weighted by molar-refractivity contribution is -0.0263. The van der Waals surface area contributed by atoms with Crippen LogP contribution >= 0.6 is 0 Å². The number of hydrogen-bond donors (Lipinski definition) is 2.